The van der Waals surface area contributed by atoms with Crippen LogP contribution in [-0.2, 0) is 0 Å². The van der Waals surface area contributed by atoms with Gasteiger partial charge < -0.3 is 5.11 Å². The molecule has 4 rings (SSSR count). The molecule has 0 radical (unpaired) electrons. The number of hydrogen-bond donors (Lipinski definition) is 1. The molecule has 1 N–H and O–H groups in total. The van der Waals surface area contributed by atoms with Gasteiger partial charge in [0, 0.05) is 28.0 Å². The second-order valence-electron chi connectivity index (χ2n) is 5.66. The third-order valence-corrected chi connectivity index (χ3v) is 5.00. The molecule has 4 aromatic rings. The number of aromatic hydroxyl groups is 1. The monoisotopic (exact) mass is 469 g/mol. The first-order valence-electron chi connectivity index (χ1n) is 7.88. The van der Waals surface area contributed by atoms with E-state index >= 15 is 0 Å². The van der Waals surface area contributed by atoms with Crippen molar-refractivity contribution in [3.63, 3.8) is 0 Å². The minimum atomic E-state index is 0.145. The van der Waals surface area contributed by atoms with E-state index in [-0.39, 0.29) is 5.75 Å². The number of pyridine rings is 1. The average Bonchev–Trinajstić information content (AvgIpc) is 3.03. The number of hydrogen-bond acceptors (Lipinski definition) is 3. The molecule has 0 fully saturated rings. The Morgan fingerprint density at radius 2 is 1.77 bits per heavy atom. The molecule has 26 heavy (non-hydrogen) atoms. The lowest BCUT2D eigenvalue weighted by Crippen LogP contribution is -1.87. The van der Waals surface area contributed by atoms with Crippen LogP contribution in [0.3, 0.4) is 0 Å². The summed E-state index contributed by atoms with van der Waals surface area (Å²) in [6.07, 6.45) is 3.58. The Bertz CT molecular complexity index is 1120. The molecule has 0 aliphatic heterocycles. The van der Waals surface area contributed by atoms with Crippen LogP contribution in [0.5, 0.6) is 5.75 Å². The van der Waals surface area contributed by atoms with E-state index in [2.05, 4.69) is 36.9 Å². The minimum absolute atomic E-state index is 0.145. The summed E-state index contributed by atoms with van der Waals surface area (Å²) in [5.74, 6) is 0.856. The van der Waals surface area contributed by atoms with Gasteiger partial charge >= 0.3 is 0 Å². The molecule has 2 aromatic heterocycles. The van der Waals surface area contributed by atoms with E-state index < -0.39 is 0 Å². The van der Waals surface area contributed by atoms with Gasteiger partial charge in [-0.05, 0) is 40.2 Å². The molecule has 0 saturated carbocycles. The van der Waals surface area contributed by atoms with E-state index in [1.807, 2.05) is 65.2 Å². The van der Waals surface area contributed by atoms with Crippen molar-refractivity contribution in [2.24, 2.45) is 4.99 Å². The van der Waals surface area contributed by atoms with Crippen LogP contribution in [0.15, 0.2) is 80.8 Å². The number of fused-ring (bicyclic) bond motifs is 1. The van der Waals surface area contributed by atoms with Gasteiger partial charge in [0.05, 0.1) is 4.47 Å². The Morgan fingerprint density at radius 3 is 2.58 bits per heavy atom. The molecule has 2 aromatic carbocycles. The Balaban J connectivity index is 1.89. The van der Waals surface area contributed by atoms with Crippen LogP contribution in [0.25, 0.3) is 16.9 Å². The van der Waals surface area contributed by atoms with Crippen molar-refractivity contribution in [3.05, 3.63) is 81.4 Å². The zero-order valence-corrected chi connectivity index (χ0v) is 16.6. The normalized spacial score (nSPS) is 11.5. The topological polar surface area (TPSA) is 49.9 Å². The van der Waals surface area contributed by atoms with Gasteiger partial charge in [0.25, 0.3) is 0 Å². The summed E-state index contributed by atoms with van der Waals surface area (Å²) < 4.78 is 3.39. The first-order valence-corrected chi connectivity index (χ1v) is 9.46. The fraction of sp³-hybridized carbons (Fsp3) is 0. The van der Waals surface area contributed by atoms with Crippen molar-refractivity contribution in [1.29, 1.82) is 0 Å². The lowest BCUT2D eigenvalue weighted by Gasteiger charge is -2.04. The maximum Gasteiger partial charge on any atom is 0.165 e. The highest BCUT2D eigenvalue weighted by atomic mass is 79.9. The third kappa shape index (κ3) is 3.18. The Hall–Kier alpha value is -2.44. The highest BCUT2D eigenvalue weighted by Gasteiger charge is 2.13. The lowest BCUT2D eigenvalue weighted by molar-refractivity contribution is 0.471. The third-order valence-electron chi connectivity index (χ3n) is 3.94. The quantitative estimate of drug-likeness (QED) is 0.374. The number of phenols is 1. The molecule has 0 aliphatic rings. The van der Waals surface area contributed by atoms with Crippen molar-refractivity contribution in [2.75, 3.05) is 0 Å². The molecule has 0 bridgehead atoms. The van der Waals surface area contributed by atoms with Crippen LogP contribution in [0.1, 0.15) is 5.56 Å². The van der Waals surface area contributed by atoms with Crippen LogP contribution in [0.2, 0.25) is 0 Å². The van der Waals surface area contributed by atoms with E-state index in [1.54, 1.807) is 12.3 Å². The largest absolute Gasteiger partial charge is 0.506 e. The summed E-state index contributed by atoms with van der Waals surface area (Å²) in [4.78, 5) is 9.38. The summed E-state index contributed by atoms with van der Waals surface area (Å²) in [6, 6.07) is 19.4. The van der Waals surface area contributed by atoms with Crippen LogP contribution >= 0.6 is 31.9 Å². The van der Waals surface area contributed by atoms with Gasteiger partial charge in [-0.3, -0.25) is 4.40 Å². The van der Waals surface area contributed by atoms with E-state index in [1.165, 1.54) is 0 Å². The molecule has 0 unspecified atom stereocenters. The fourth-order valence-corrected chi connectivity index (χ4v) is 3.97. The zero-order chi connectivity index (χ0) is 18.1. The number of aliphatic imine (C=N–C) groups is 1. The van der Waals surface area contributed by atoms with Gasteiger partial charge in [0.1, 0.15) is 17.1 Å². The summed E-state index contributed by atoms with van der Waals surface area (Å²) in [5, 5.41) is 10.3. The van der Waals surface area contributed by atoms with Gasteiger partial charge in [0.15, 0.2) is 5.82 Å². The fourth-order valence-electron chi connectivity index (χ4n) is 2.71. The summed E-state index contributed by atoms with van der Waals surface area (Å²) >= 11 is 6.78. The Labute approximate surface area is 167 Å². The number of imidazole rings is 1. The van der Waals surface area contributed by atoms with Crippen LogP contribution in [0.4, 0.5) is 5.82 Å². The zero-order valence-electron chi connectivity index (χ0n) is 13.5. The minimum Gasteiger partial charge on any atom is -0.506 e. The van der Waals surface area contributed by atoms with Gasteiger partial charge in [-0.25, -0.2) is 9.98 Å². The number of aromatic nitrogens is 2. The van der Waals surface area contributed by atoms with Crippen molar-refractivity contribution in [1.82, 2.24) is 9.38 Å². The van der Waals surface area contributed by atoms with Gasteiger partial charge in [-0.1, -0.05) is 52.3 Å². The molecule has 0 aliphatic carbocycles. The lowest BCUT2D eigenvalue weighted by atomic mass is 10.1. The van der Waals surface area contributed by atoms with Gasteiger partial charge in [-0.15, -0.1) is 0 Å². The molecule has 6 heteroatoms. The predicted octanol–water partition coefficient (Wildman–Crippen LogP) is 5.98. The smallest absolute Gasteiger partial charge is 0.165 e. The molecule has 0 atom stereocenters. The standard InChI is InChI=1S/C20H13Br2N3O/c21-15-10-14(19(26)16(22)11-15)12-23-20-18(13-6-2-1-3-7-13)24-17-8-4-5-9-25(17)20/h1-12,26H/b23-12+. The summed E-state index contributed by atoms with van der Waals surface area (Å²) in [6.45, 7) is 0. The number of benzene rings is 2. The highest BCUT2D eigenvalue weighted by molar-refractivity contribution is 9.11. The molecular weight excluding hydrogens is 458 g/mol. The second kappa shape index (κ2) is 7.05. The van der Waals surface area contributed by atoms with Gasteiger partial charge in [-0.2, -0.15) is 0 Å². The van der Waals surface area contributed by atoms with Crippen molar-refractivity contribution < 1.29 is 5.11 Å². The van der Waals surface area contributed by atoms with Gasteiger partial charge in [0.2, 0.25) is 0 Å². The SMILES string of the molecule is Oc1c(Br)cc(Br)cc1/C=N/c1c(-c2ccccc2)nc2ccccn12. The highest BCUT2D eigenvalue weighted by Crippen LogP contribution is 2.33. The van der Waals surface area contributed by atoms with Crippen molar-refractivity contribution in [2.45, 2.75) is 0 Å². The molecule has 0 spiro atoms. The maximum absolute atomic E-state index is 10.3. The van der Waals surface area contributed by atoms with Crippen molar-refractivity contribution >= 4 is 49.5 Å². The average molecular weight is 471 g/mol. The van der Waals surface area contributed by atoms with Crippen LogP contribution in [-0.4, -0.2) is 20.7 Å². The number of nitrogens with zero attached hydrogens (tertiary/aromatic N) is 3. The van der Waals surface area contributed by atoms with E-state index in [0.717, 1.165) is 21.4 Å². The predicted molar refractivity (Wildman–Crippen MR) is 111 cm³/mol. The summed E-state index contributed by atoms with van der Waals surface area (Å²) in [5.41, 5.74) is 3.21. The van der Waals surface area contributed by atoms with E-state index in [0.29, 0.717) is 15.9 Å². The maximum atomic E-state index is 10.3. The molecule has 0 amide bonds. The Morgan fingerprint density at radius 1 is 1.00 bits per heavy atom. The van der Waals surface area contributed by atoms with Crippen LogP contribution in [0, 0.1) is 0 Å². The number of halogens is 2. The van der Waals surface area contributed by atoms with Crippen LogP contribution < -0.4 is 0 Å². The first-order chi connectivity index (χ1) is 12.6. The Kier molecular flexibility index (Phi) is 4.61. The molecule has 4 nitrogen and oxygen atoms in total. The number of rotatable bonds is 3. The molecule has 2 heterocycles. The van der Waals surface area contributed by atoms with E-state index in [9.17, 15) is 5.11 Å². The van der Waals surface area contributed by atoms with E-state index in [4.69, 9.17) is 4.98 Å². The number of phenolic OH excluding ortho intramolecular Hbond substituents is 1. The molecular formula is C20H13Br2N3O. The van der Waals surface area contributed by atoms with Crippen molar-refractivity contribution in [3.8, 4) is 17.0 Å². The molecule has 128 valence electrons. The summed E-state index contributed by atoms with van der Waals surface area (Å²) in [7, 11) is 0. The second-order valence-corrected chi connectivity index (χ2v) is 7.43. The molecule has 0 saturated heterocycles. The first kappa shape index (κ1) is 17.0.